The number of ether oxygens (including phenoxy) is 1. The molecule has 2 N–H and O–H groups in total. The van der Waals surface area contributed by atoms with Crippen LogP contribution in [0.15, 0.2) is 10.5 Å². The minimum Gasteiger partial charge on any atom is -0.466 e. The third kappa shape index (κ3) is 3.71. The molecule has 0 amide bonds. The van der Waals surface area contributed by atoms with Crippen molar-refractivity contribution in [1.29, 1.82) is 0 Å². The smallest absolute Gasteiger partial charge is 0.310 e. The van der Waals surface area contributed by atoms with Gasteiger partial charge in [0.05, 0.1) is 18.7 Å². The van der Waals surface area contributed by atoms with Gasteiger partial charge < -0.3 is 10.5 Å². The van der Waals surface area contributed by atoms with Crippen molar-refractivity contribution < 1.29 is 18.3 Å². The molecule has 0 radical (unpaired) electrons. The van der Waals surface area contributed by atoms with E-state index in [0.717, 1.165) is 0 Å². The molecule has 0 saturated carbocycles. The molecular weight excluding hydrogens is 310 g/mol. The molecule has 0 aliphatic rings. The molecule has 0 bridgehead atoms. The van der Waals surface area contributed by atoms with E-state index in [9.17, 15) is 13.6 Å². The zero-order valence-corrected chi connectivity index (χ0v) is 11.3. The quantitative estimate of drug-likeness (QED) is 0.845. The Morgan fingerprint density at radius 2 is 2.28 bits per heavy atom. The van der Waals surface area contributed by atoms with E-state index in [-0.39, 0.29) is 25.1 Å². The van der Waals surface area contributed by atoms with Crippen LogP contribution in [0.5, 0.6) is 0 Å². The van der Waals surface area contributed by atoms with E-state index >= 15 is 0 Å². The maximum Gasteiger partial charge on any atom is 0.310 e. The highest BCUT2D eigenvalue weighted by Gasteiger charge is 2.21. The zero-order valence-electron chi connectivity index (χ0n) is 9.75. The molecule has 1 aromatic heterocycles. The maximum absolute atomic E-state index is 12.9. The van der Waals surface area contributed by atoms with E-state index in [4.69, 9.17) is 10.5 Å². The van der Waals surface area contributed by atoms with Gasteiger partial charge in [-0.05, 0) is 13.0 Å². The Morgan fingerprint density at radius 3 is 2.78 bits per heavy atom. The van der Waals surface area contributed by atoms with E-state index < -0.39 is 18.1 Å². The molecule has 0 saturated heterocycles. The molecule has 1 rings (SSSR count). The van der Waals surface area contributed by atoms with Gasteiger partial charge in [-0.2, -0.15) is 0 Å². The minimum atomic E-state index is -2.77. The average Bonchev–Trinajstić information content (AvgIpc) is 2.31. The monoisotopic (exact) mass is 322 g/mol. The molecule has 18 heavy (non-hydrogen) atoms. The van der Waals surface area contributed by atoms with Gasteiger partial charge in [0.15, 0.2) is 0 Å². The Kier molecular flexibility index (Phi) is 5.61. The van der Waals surface area contributed by atoms with Gasteiger partial charge in [0.1, 0.15) is 5.69 Å². The third-order valence-electron chi connectivity index (χ3n) is 2.20. The molecule has 100 valence electrons. The second-order valence-corrected chi connectivity index (χ2v) is 4.30. The molecule has 4 nitrogen and oxygen atoms in total. The normalized spacial score (nSPS) is 10.8. The number of carbonyl (C=O) groups is 1. The van der Waals surface area contributed by atoms with E-state index in [1.165, 1.54) is 6.07 Å². The number of pyridine rings is 1. The summed E-state index contributed by atoms with van der Waals surface area (Å²) in [4.78, 5) is 15.1. The van der Waals surface area contributed by atoms with Crippen molar-refractivity contribution in [2.75, 3.05) is 6.61 Å². The number of nitrogens with two attached hydrogens (primary N) is 1. The molecule has 1 aromatic rings. The van der Waals surface area contributed by atoms with Crippen LogP contribution in [-0.2, 0) is 22.5 Å². The minimum absolute atomic E-state index is 0.0536. The Morgan fingerprint density at radius 1 is 1.61 bits per heavy atom. The van der Waals surface area contributed by atoms with Crippen molar-refractivity contribution in [3.63, 3.8) is 0 Å². The molecule has 0 aromatic carbocycles. The van der Waals surface area contributed by atoms with Gasteiger partial charge in [-0.1, -0.05) is 15.9 Å². The van der Waals surface area contributed by atoms with Crippen LogP contribution in [-0.4, -0.2) is 17.6 Å². The van der Waals surface area contributed by atoms with Gasteiger partial charge in [0.25, 0.3) is 6.43 Å². The summed E-state index contributed by atoms with van der Waals surface area (Å²) in [5.74, 6) is -0.567. The molecule has 0 aliphatic carbocycles. The van der Waals surface area contributed by atoms with Crippen molar-refractivity contribution in [2.45, 2.75) is 26.3 Å². The van der Waals surface area contributed by atoms with Crippen LogP contribution in [0.4, 0.5) is 8.78 Å². The van der Waals surface area contributed by atoms with Crippen LogP contribution in [0.1, 0.15) is 30.3 Å². The van der Waals surface area contributed by atoms with Crippen LogP contribution < -0.4 is 5.73 Å². The number of hydrogen-bond donors (Lipinski definition) is 1. The lowest BCUT2D eigenvalue weighted by molar-refractivity contribution is -0.142. The van der Waals surface area contributed by atoms with Crippen molar-refractivity contribution >= 4 is 21.9 Å². The third-order valence-corrected chi connectivity index (χ3v) is 2.90. The number of hydrogen-bond acceptors (Lipinski definition) is 4. The van der Waals surface area contributed by atoms with Gasteiger partial charge in [-0.3, -0.25) is 9.78 Å². The van der Waals surface area contributed by atoms with E-state index in [0.29, 0.717) is 10.2 Å². The fraction of sp³-hybridized carbons (Fsp3) is 0.455. The van der Waals surface area contributed by atoms with Crippen molar-refractivity contribution in [3.05, 3.63) is 27.5 Å². The van der Waals surface area contributed by atoms with Crippen LogP contribution in [0.2, 0.25) is 0 Å². The number of esters is 1. The first kappa shape index (κ1) is 15.0. The Hall–Kier alpha value is -1.08. The first-order valence-corrected chi connectivity index (χ1v) is 6.10. The van der Waals surface area contributed by atoms with E-state index in [1.54, 1.807) is 6.92 Å². The van der Waals surface area contributed by atoms with Crippen molar-refractivity contribution in [3.8, 4) is 0 Å². The molecule has 0 atom stereocenters. The SMILES string of the molecule is CCOC(=O)Cc1c(Br)cc(CN)nc1C(F)F. The molecule has 0 spiro atoms. The van der Waals surface area contributed by atoms with Crippen LogP contribution in [0.25, 0.3) is 0 Å². The maximum atomic E-state index is 12.9. The predicted molar refractivity (Wildman–Crippen MR) is 65.1 cm³/mol. The molecule has 7 heteroatoms. The number of alkyl halides is 2. The largest absolute Gasteiger partial charge is 0.466 e. The number of halogens is 3. The van der Waals surface area contributed by atoms with Gasteiger partial charge in [0, 0.05) is 16.6 Å². The average molecular weight is 323 g/mol. The highest BCUT2D eigenvalue weighted by atomic mass is 79.9. The summed E-state index contributed by atoms with van der Waals surface area (Å²) in [6.07, 6.45) is -3.01. The molecule has 0 unspecified atom stereocenters. The topological polar surface area (TPSA) is 65.2 Å². The Bertz CT molecular complexity index is 441. The summed E-state index contributed by atoms with van der Waals surface area (Å²) < 4.78 is 30.9. The number of carbonyl (C=O) groups excluding carboxylic acids is 1. The summed E-state index contributed by atoms with van der Waals surface area (Å²) in [5, 5.41) is 0. The van der Waals surface area contributed by atoms with E-state index in [1.807, 2.05) is 0 Å². The predicted octanol–water partition coefficient (Wildman–Crippen LogP) is 2.35. The van der Waals surface area contributed by atoms with Crippen LogP contribution in [0.3, 0.4) is 0 Å². The van der Waals surface area contributed by atoms with Crippen molar-refractivity contribution in [2.24, 2.45) is 5.73 Å². The second-order valence-electron chi connectivity index (χ2n) is 3.45. The van der Waals surface area contributed by atoms with Crippen LogP contribution in [0, 0.1) is 0 Å². The lowest BCUT2D eigenvalue weighted by Crippen LogP contribution is -2.13. The van der Waals surface area contributed by atoms with Gasteiger partial charge in [-0.15, -0.1) is 0 Å². The fourth-order valence-electron chi connectivity index (χ4n) is 1.43. The summed E-state index contributed by atoms with van der Waals surface area (Å²) in [6.45, 7) is 1.91. The number of nitrogens with zero attached hydrogens (tertiary/aromatic N) is 1. The first-order chi connectivity index (χ1) is 8.49. The molecular formula is C11H13BrF2N2O2. The number of aromatic nitrogens is 1. The summed E-state index contributed by atoms with van der Waals surface area (Å²) >= 11 is 3.15. The van der Waals surface area contributed by atoms with Gasteiger partial charge in [-0.25, -0.2) is 8.78 Å². The Labute approximate surface area is 112 Å². The van der Waals surface area contributed by atoms with Crippen molar-refractivity contribution in [1.82, 2.24) is 4.98 Å². The lowest BCUT2D eigenvalue weighted by Gasteiger charge is -2.11. The molecule has 0 fully saturated rings. The highest BCUT2D eigenvalue weighted by Crippen LogP contribution is 2.28. The first-order valence-electron chi connectivity index (χ1n) is 5.31. The lowest BCUT2D eigenvalue weighted by atomic mass is 10.1. The summed E-state index contributed by atoms with van der Waals surface area (Å²) in [7, 11) is 0. The fourth-order valence-corrected chi connectivity index (χ4v) is 2.03. The molecule has 0 aliphatic heterocycles. The van der Waals surface area contributed by atoms with Crippen LogP contribution >= 0.6 is 15.9 Å². The summed E-state index contributed by atoms with van der Waals surface area (Å²) in [6, 6.07) is 1.53. The van der Waals surface area contributed by atoms with E-state index in [2.05, 4.69) is 20.9 Å². The Balaban J connectivity index is 3.12. The van der Waals surface area contributed by atoms with Gasteiger partial charge >= 0.3 is 5.97 Å². The zero-order chi connectivity index (χ0) is 13.7. The summed E-state index contributed by atoms with van der Waals surface area (Å²) in [5.41, 5.74) is 5.41. The number of rotatable bonds is 5. The molecule has 1 heterocycles. The standard InChI is InChI=1S/C11H13BrF2N2O2/c1-2-18-9(17)4-7-8(12)3-6(5-15)16-10(7)11(13)14/h3,11H,2,4-5,15H2,1H3. The second kappa shape index (κ2) is 6.75. The van der Waals surface area contributed by atoms with Gasteiger partial charge in [0.2, 0.25) is 0 Å². The highest BCUT2D eigenvalue weighted by molar-refractivity contribution is 9.10.